The lowest BCUT2D eigenvalue weighted by Gasteiger charge is -2.10. The minimum Gasteiger partial charge on any atom is -0.507 e. The first-order chi connectivity index (χ1) is 8.66. The Balaban J connectivity index is 1.85. The molecule has 0 saturated heterocycles. The number of halogens is 1. The molecule has 1 amide bonds. The van der Waals surface area contributed by atoms with E-state index in [4.69, 9.17) is 0 Å². The van der Waals surface area contributed by atoms with Crippen LogP contribution in [-0.4, -0.2) is 17.6 Å². The van der Waals surface area contributed by atoms with Crippen LogP contribution in [0.3, 0.4) is 0 Å². The highest BCUT2D eigenvalue weighted by Crippen LogP contribution is 2.27. The van der Waals surface area contributed by atoms with Crippen molar-refractivity contribution in [2.24, 2.45) is 5.92 Å². The van der Waals surface area contributed by atoms with Gasteiger partial charge in [0.25, 0.3) is 5.91 Å². The molecule has 0 radical (unpaired) electrons. The molecule has 1 aliphatic carbocycles. The molecule has 18 heavy (non-hydrogen) atoms. The highest BCUT2D eigenvalue weighted by atomic mass is 79.9. The van der Waals surface area contributed by atoms with Crippen molar-refractivity contribution in [2.45, 2.75) is 32.1 Å². The third-order valence-corrected chi connectivity index (χ3v) is 4.01. The Morgan fingerprint density at radius 3 is 2.83 bits per heavy atom. The van der Waals surface area contributed by atoms with Crippen LogP contribution in [0.4, 0.5) is 0 Å². The monoisotopic (exact) mass is 311 g/mol. The molecular formula is C14H18BrNO2. The molecule has 0 aliphatic heterocycles. The molecule has 0 bridgehead atoms. The van der Waals surface area contributed by atoms with Gasteiger partial charge in [0.05, 0.1) is 5.56 Å². The molecule has 0 atom stereocenters. The summed E-state index contributed by atoms with van der Waals surface area (Å²) in [5, 5.41) is 12.5. The second kappa shape index (κ2) is 6.23. The van der Waals surface area contributed by atoms with Crippen LogP contribution in [0.5, 0.6) is 5.75 Å². The summed E-state index contributed by atoms with van der Waals surface area (Å²) in [7, 11) is 0. The summed E-state index contributed by atoms with van der Waals surface area (Å²) in [6, 6.07) is 4.88. The molecule has 0 aromatic heterocycles. The maximum absolute atomic E-state index is 11.9. The van der Waals surface area contributed by atoms with Gasteiger partial charge in [0.1, 0.15) is 5.75 Å². The van der Waals surface area contributed by atoms with Gasteiger partial charge in [-0.05, 0) is 30.5 Å². The fraction of sp³-hybridized carbons (Fsp3) is 0.500. The zero-order valence-electron chi connectivity index (χ0n) is 10.3. The zero-order chi connectivity index (χ0) is 13.0. The molecule has 1 fully saturated rings. The molecule has 0 unspecified atom stereocenters. The lowest BCUT2D eigenvalue weighted by Crippen LogP contribution is -2.25. The number of carbonyl (C=O) groups is 1. The average Bonchev–Trinajstić information content (AvgIpc) is 2.85. The van der Waals surface area contributed by atoms with E-state index < -0.39 is 0 Å². The van der Waals surface area contributed by atoms with Crippen molar-refractivity contribution in [3.8, 4) is 5.75 Å². The average molecular weight is 312 g/mol. The first-order valence-electron chi connectivity index (χ1n) is 6.43. The summed E-state index contributed by atoms with van der Waals surface area (Å²) >= 11 is 3.30. The number of phenolic OH excluding ortho intramolecular Hbond substituents is 1. The Hall–Kier alpha value is -1.03. The van der Waals surface area contributed by atoms with Crippen molar-refractivity contribution < 1.29 is 9.90 Å². The Kier molecular flexibility index (Phi) is 4.64. The van der Waals surface area contributed by atoms with Gasteiger partial charge in [0.2, 0.25) is 0 Å². The van der Waals surface area contributed by atoms with Gasteiger partial charge < -0.3 is 10.4 Å². The van der Waals surface area contributed by atoms with Crippen molar-refractivity contribution in [3.05, 3.63) is 28.2 Å². The predicted molar refractivity (Wildman–Crippen MR) is 74.7 cm³/mol. The van der Waals surface area contributed by atoms with Gasteiger partial charge >= 0.3 is 0 Å². The van der Waals surface area contributed by atoms with Crippen LogP contribution in [0.25, 0.3) is 0 Å². The summed E-state index contributed by atoms with van der Waals surface area (Å²) in [6.45, 7) is 0.690. The van der Waals surface area contributed by atoms with E-state index in [1.165, 1.54) is 31.7 Å². The van der Waals surface area contributed by atoms with E-state index in [1.54, 1.807) is 12.1 Å². The van der Waals surface area contributed by atoms with Gasteiger partial charge in [-0.1, -0.05) is 41.6 Å². The third-order valence-electron chi connectivity index (χ3n) is 3.52. The smallest absolute Gasteiger partial charge is 0.255 e. The number of rotatable bonds is 4. The molecule has 2 N–H and O–H groups in total. The molecule has 2 rings (SSSR count). The molecule has 1 aromatic rings. The number of carbonyl (C=O) groups excluding carboxylic acids is 1. The molecule has 3 nitrogen and oxygen atoms in total. The van der Waals surface area contributed by atoms with Crippen molar-refractivity contribution in [2.75, 3.05) is 6.54 Å². The molecule has 1 aliphatic rings. The fourth-order valence-electron chi connectivity index (χ4n) is 2.47. The van der Waals surface area contributed by atoms with E-state index in [2.05, 4.69) is 21.2 Å². The highest BCUT2D eigenvalue weighted by Gasteiger charge is 2.16. The minimum atomic E-state index is -0.202. The number of phenols is 1. The summed E-state index contributed by atoms with van der Waals surface area (Å²) in [5.41, 5.74) is 0.329. The maximum atomic E-state index is 11.9. The lowest BCUT2D eigenvalue weighted by atomic mass is 10.0. The zero-order valence-corrected chi connectivity index (χ0v) is 11.9. The van der Waals surface area contributed by atoms with Gasteiger partial charge in [0, 0.05) is 11.0 Å². The van der Waals surface area contributed by atoms with Crippen molar-refractivity contribution in [1.82, 2.24) is 5.32 Å². The van der Waals surface area contributed by atoms with Crippen LogP contribution in [0.2, 0.25) is 0 Å². The summed E-state index contributed by atoms with van der Waals surface area (Å²) < 4.78 is 0.793. The fourth-order valence-corrected chi connectivity index (χ4v) is 2.84. The molecule has 0 spiro atoms. The number of hydrogen-bond donors (Lipinski definition) is 2. The van der Waals surface area contributed by atoms with Gasteiger partial charge in [-0.3, -0.25) is 4.79 Å². The number of nitrogens with one attached hydrogen (secondary N) is 1. The second-order valence-electron chi connectivity index (χ2n) is 4.86. The maximum Gasteiger partial charge on any atom is 0.255 e. The number of benzene rings is 1. The van der Waals surface area contributed by atoms with Crippen LogP contribution >= 0.6 is 15.9 Å². The topological polar surface area (TPSA) is 49.3 Å². The quantitative estimate of drug-likeness (QED) is 0.894. The molecule has 0 heterocycles. The highest BCUT2D eigenvalue weighted by molar-refractivity contribution is 9.10. The molecule has 4 heteroatoms. The molecule has 1 aromatic carbocycles. The van der Waals surface area contributed by atoms with E-state index in [0.29, 0.717) is 12.1 Å². The number of aromatic hydroxyl groups is 1. The summed E-state index contributed by atoms with van der Waals surface area (Å²) in [5.74, 6) is 0.588. The van der Waals surface area contributed by atoms with Gasteiger partial charge in [-0.25, -0.2) is 0 Å². The molecule has 1 saturated carbocycles. The predicted octanol–water partition coefficient (Wildman–Crippen LogP) is 3.46. The molecular weight excluding hydrogens is 294 g/mol. The Morgan fingerprint density at radius 2 is 2.11 bits per heavy atom. The normalized spacial score (nSPS) is 15.8. The van der Waals surface area contributed by atoms with Crippen molar-refractivity contribution in [3.63, 3.8) is 0 Å². The summed E-state index contributed by atoms with van der Waals surface area (Å²) in [6.07, 6.45) is 6.27. The number of amides is 1. The third kappa shape index (κ3) is 3.48. The lowest BCUT2D eigenvalue weighted by molar-refractivity contribution is 0.0948. The van der Waals surface area contributed by atoms with Crippen LogP contribution in [0.15, 0.2) is 22.7 Å². The van der Waals surface area contributed by atoms with Crippen LogP contribution < -0.4 is 5.32 Å². The van der Waals surface area contributed by atoms with E-state index in [9.17, 15) is 9.90 Å². The van der Waals surface area contributed by atoms with Gasteiger partial charge in [-0.15, -0.1) is 0 Å². The Labute approximate surface area is 116 Å². The van der Waals surface area contributed by atoms with Crippen molar-refractivity contribution >= 4 is 21.8 Å². The van der Waals surface area contributed by atoms with Gasteiger partial charge in [-0.2, -0.15) is 0 Å². The SMILES string of the molecule is O=C(NCCC1CCCC1)c1cc(Br)ccc1O. The van der Waals surface area contributed by atoms with Crippen LogP contribution in [0, 0.1) is 5.92 Å². The van der Waals surface area contributed by atoms with Crippen LogP contribution in [-0.2, 0) is 0 Å². The second-order valence-corrected chi connectivity index (χ2v) is 5.77. The van der Waals surface area contributed by atoms with Gasteiger partial charge in [0.15, 0.2) is 0 Å². The number of hydrogen-bond acceptors (Lipinski definition) is 2. The van der Waals surface area contributed by atoms with Crippen molar-refractivity contribution in [1.29, 1.82) is 0 Å². The first-order valence-corrected chi connectivity index (χ1v) is 7.23. The molecule has 98 valence electrons. The Bertz CT molecular complexity index is 428. The van der Waals surface area contributed by atoms with E-state index >= 15 is 0 Å². The van der Waals surface area contributed by atoms with E-state index in [0.717, 1.165) is 16.8 Å². The Morgan fingerprint density at radius 1 is 1.39 bits per heavy atom. The van der Waals surface area contributed by atoms with E-state index in [-0.39, 0.29) is 11.7 Å². The largest absolute Gasteiger partial charge is 0.507 e. The standard InChI is InChI=1S/C14H18BrNO2/c15-11-5-6-13(17)12(9-11)14(18)16-8-7-10-3-1-2-4-10/h5-6,9-10,17H,1-4,7-8H2,(H,16,18). The summed E-state index contributed by atoms with van der Waals surface area (Å²) in [4.78, 5) is 11.9. The van der Waals surface area contributed by atoms with E-state index in [1.807, 2.05) is 0 Å². The van der Waals surface area contributed by atoms with Crippen LogP contribution in [0.1, 0.15) is 42.5 Å². The first kappa shape index (κ1) is 13.4. The minimum absolute atomic E-state index is 0.0246.